The molecular formula is C13H18BrN3O3. The van der Waals surface area contributed by atoms with E-state index in [9.17, 15) is 14.7 Å². The molecule has 1 fully saturated rings. The maximum atomic E-state index is 12.6. The molecular weight excluding hydrogens is 326 g/mol. The number of primary amides is 1. The number of carbonyl (C=O) groups is 2. The van der Waals surface area contributed by atoms with Crippen LogP contribution in [-0.2, 0) is 4.79 Å². The number of rotatable bonds is 3. The molecule has 0 aliphatic carbocycles. The van der Waals surface area contributed by atoms with Crippen molar-refractivity contribution in [1.29, 1.82) is 0 Å². The lowest BCUT2D eigenvalue weighted by atomic mass is 10.2. The summed E-state index contributed by atoms with van der Waals surface area (Å²) in [7, 11) is 0. The molecule has 1 aliphatic heterocycles. The lowest BCUT2D eigenvalue weighted by molar-refractivity contribution is -0.121. The molecule has 1 aromatic rings. The maximum absolute atomic E-state index is 12.6. The van der Waals surface area contributed by atoms with Crippen molar-refractivity contribution in [3.8, 4) is 0 Å². The Morgan fingerprint density at radius 3 is 2.70 bits per heavy atom. The first-order valence-electron chi connectivity index (χ1n) is 6.47. The maximum Gasteiger partial charge on any atom is 0.271 e. The van der Waals surface area contributed by atoms with Crippen molar-refractivity contribution in [2.45, 2.75) is 38.5 Å². The van der Waals surface area contributed by atoms with E-state index in [0.29, 0.717) is 5.69 Å². The lowest BCUT2D eigenvalue weighted by Crippen LogP contribution is -2.44. The number of likely N-dealkylation sites (tertiary alicyclic amines) is 1. The van der Waals surface area contributed by atoms with Crippen LogP contribution in [0.1, 0.15) is 36.8 Å². The zero-order valence-corrected chi connectivity index (χ0v) is 13.0. The number of nitrogens with zero attached hydrogens (tertiary/aromatic N) is 2. The van der Waals surface area contributed by atoms with Gasteiger partial charge < -0.3 is 20.3 Å². The molecule has 2 amide bonds. The molecule has 0 spiro atoms. The van der Waals surface area contributed by atoms with Gasteiger partial charge in [0.15, 0.2) is 0 Å². The van der Waals surface area contributed by atoms with Crippen molar-refractivity contribution in [2.24, 2.45) is 5.73 Å². The van der Waals surface area contributed by atoms with Gasteiger partial charge in [0.05, 0.1) is 6.10 Å². The molecule has 0 bridgehead atoms. The fourth-order valence-electron chi connectivity index (χ4n) is 2.50. The number of hydrogen-bond acceptors (Lipinski definition) is 3. The predicted octanol–water partition coefficient (Wildman–Crippen LogP) is 0.892. The molecule has 0 aromatic carbocycles. The highest BCUT2D eigenvalue weighted by atomic mass is 79.9. The molecule has 2 unspecified atom stereocenters. The van der Waals surface area contributed by atoms with Gasteiger partial charge in [0.25, 0.3) is 5.91 Å². The Labute approximate surface area is 125 Å². The van der Waals surface area contributed by atoms with Crippen LogP contribution in [0.3, 0.4) is 0 Å². The zero-order chi connectivity index (χ0) is 15.0. The van der Waals surface area contributed by atoms with Crippen molar-refractivity contribution in [2.75, 3.05) is 6.54 Å². The lowest BCUT2D eigenvalue weighted by Gasteiger charge is -2.23. The summed E-state index contributed by atoms with van der Waals surface area (Å²) in [5, 5.41) is 9.68. The number of amides is 2. The van der Waals surface area contributed by atoms with E-state index in [-0.39, 0.29) is 24.9 Å². The predicted molar refractivity (Wildman–Crippen MR) is 77.2 cm³/mol. The van der Waals surface area contributed by atoms with E-state index in [1.54, 1.807) is 6.07 Å². The van der Waals surface area contributed by atoms with Crippen molar-refractivity contribution >= 4 is 27.7 Å². The second-order valence-corrected chi connectivity index (χ2v) is 6.23. The quantitative estimate of drug-likeness (QED) is 0.854. The second-order valence-electron chi connectivity index (χ2n) is 5.31. The van der Waals surface area contributed by atoms with Gasteiger partial charge in [-0.05, 0) is 35.8 Å². The van der Waals surface area contributed by atoms with Crippen molar-refractivity contribution in [3.63, 3.8) is 0 Å². The Kier molecular flexibility index (Phi) is 4.19. The smallest absolute Gasteiger partial charge is 0.271 e. The molecule has 1 saturated heterocycles. The summed E-state index contributed by atoms with van der Waals surface area (Å²) in [6.07, 6.45) is 1.32. The molecule has 110 valence electrons. The summed E-state index contributed by atoms with van der Waals surface area (Å²) in [5.74, 6) is -0.874. The van der Waals surface area contributed by atoms with Gasteiger partial charge in [-0.15, -0.1) is 0 Å². The van der Waals surface area contributed by atoms with E-state index < -0.39 is 18.1 Å². The number of hydrogen-bond donors (Lipinski definition) is 2. The Balaban J connectivity index is 2.33. The van der Waals surface area contributed by atoms with Gasteiger partial charge >= 0.3 is 0 Å². The number of β-amino-alcohol motifs (C(OH)–C–C–N with tert-alkyl or cyclic N) is 1. The summed E-state index contributed by atoms with van der Waals surface area (Å²) in [6.45, 7) is 4.06. The van der Waals surface area contributed by atoms with Gasteiger partial charge in [-0.3, -0.25) is 9.59 Å². The molecule has 7 heteroatoms. The Bertz CT molecular complexity index is 541. The highest BCUT2D eigenvalue weighted by Gasteiger charge is 2.39. The minimum Gasteiger partial charge on any atom is -0.391 e. The average Bonchev–Trinajstić information content (AvgIpc) is 2.91. The minimum absolute atomic E-state index is 0.111. The largest absolute Gasteiger partial charge is 0.391 e. The molecule has 0 radical (unpaired) electrons. The highest BCUT2D eigenvalue weighted by molar-refractivity contribution is 9.10. The molecule has 1 aromatic heterocycles. The first-order valence-corrected chi connectivity index (χ1v) is 7.26. The van der Waals surface area contributed by atoms with Crippen LogP contribution < -0.4 is 5.73 Å². The average molecular weight is 344 g/mol. The summed E-state index contributed by atoms with van der Waals surface area (Å²) in [5.41, 5.74) is 5.79. The first-order chi connectivity index (χ1) is 9.31. The number of aromatic nitrogens is 1. The Morgan fingerprint density at radius 2 is 2.15 bits per heavy atom. The molecule has 6 nitrogen and oxygen atoms in total. The van der Waals surface area contributed by atoms with E-state index in [2.05, 4.69) is 15.9 Å². The second kappa shape index (κ2) is 5.57. The van der Waals surface area contributed by atoms with E-state index in [1.807, 2.05) is 24.6 Å². The first kappa shape index (κ1) is 15.1. The molecule has 0 saturated carbocycles. The summed E-state index contributed by atoms with van der Waals surface area (Å²) >= 11 is 3.35. The summed E-state index contributed by atoms with van der Waals surface area (Å²) in [4.78, 5) is 25.4. The third-order valence-electron chi connectivity index (χ3n) is 3.46. The normalized spacial score (nSPS) is 22.6. The summed E-state index contributed by atoms with van der Waals surface area (Å²) < 4.78 is 2.62. The van der Waals surface area contributed by atoms with Crippen LogP contribution in [0.25, 0.3) is 0 Å². The fourth-order valence-corrected chi connectivity index (χ4v) is 2.94. The van der Waals surface area contributed by atoms with Crippen LogP contribution >= 0.6 is 15.9 Å². The number of nitrogens with two attached hydrogens (primary N) is 1. The Morgan fingerprint density at radius 1 is 1.50 bits per heavy atom. The molecule has 2 atom stereocenters. The monoisotopic (exact) mass is 343 g/mol. The topological polar surface area (TPSA) is 88.6 Å². The van der Waals surface area contributed by atoms with Gasteiger partial charge in [0.1, 0.15) is 11.7 Å². The number of carbonyl (C=O) groups excluding carboxylic acids is 2. The van der Waals surface area contributed by atoms with Gasteiger partial charge in [0.2, 0.25) is 5.91 Å². The van der Waals surface area contributed by atoms with Crippen LogP contribution in [-0.4, -0.2) is 45.1 Å². The molecule has 2 rings (SSSR count). The molecule has 1 aliphatic rings. The van der Waals surface area contributed by atoms with E-state index in [1.165, 1.54) is 4.90 Å². The molecule has 2 heterocycles. The zero-order valence-electron chi connectivity index (χ0n) is 11.4. The Hall–Kier alpha value is -1.34. The van der Waals surface area contributed by atoms with Crippen LogP contribution in [0.2, 0.25) is 0 Å². The van der Waals surface area contributed by atoms with Crippen molar-refractivity contribution < 1.29 is 14.7 Å². The van der Waals surface area contributed by atoms with Crippen LogP contribution in [0.4, 0.5) is 0 Å². The van der Waals surface area contributed by atoms with Crippen LogP contribution in [0.15, 0.2) is 16.7 Å². The van der Waals surface area contributed by atoms with E-state index in [0.717, 1.165) is 4.47 Å². The van der Waals surface area contributed by atoms with Crippen molar-refractivity contribution in [1.82, 2.24) is 9.47 Å². The van der Waals surface area contributed by atoms with Crippen LogP contribution in [0.5, 0.6) is 0 Å². The van der Waals surface area contributed by atoms with Crippen molar-refractivity contribution in [3.05, 3.63) is 22.4 Å². The van der Waals surface area contributed by atoms with E-state index >= 15 is 0 Å². The minimum atomic E-state index is -0.744. The highest BCUT2D eigenvalue weighted by Crippen LogP contribution is 2.25. The SMILES string of the molecule is CC(C)n1cc(Br)cc1C(=O)N1CC(O)CC1C(N)=O. The van der Waals surface area contributed by atoms with Gasteiger partial charge in [0, 0.05) is 29.7 Å². The van der Waals surface area contributed by atoms with Gasteiger partial charge in [-0.1, -0.05) is 0 Å². The standard InChI is InChI=1S/C13H18BrN3O3/c1-7(2)16-5-8(14)3-11(16)13(20)17-6-9(18)4-10(17)12(15)19/h3,5,7,9-10,18H,4,6H2,1-2H3,(H2,15,19). The molecule has 3 N–H and O–H groups in total. The number of aliphatic hydroxyl groups excluding tert-OH is 1. The fraction of sp³-hybridized carbons (Fsp3) is 0.538. The third-order valence-corrected chi connectivity index (χ3v) is 3.89. The summed E-state index contributed by atoms with van der Waals surface area (Å²) in [6, 6.07) is 1.08. The van der Waals surface area contributed by atoms with Gasteiger partial charge in [-0.2, -0.15) is 0 Å². The van der Waals surface area contributed by atoms with Gasteiger partial charge in [-0.25, -0.2) is 0 Å². The van der Waals surface area contributed by atoms with Crippen LogP contribution in [0, 0.1) is 0 Å². The third kappa shape index (κ3) is 2.73. The molecule has 20 heavy (non-hydrogen) atoms. The number of aliphatic hydroxyl groups is 1. The van der Waals surface area contributed by atoms with E-state index in [4.69, 9.17) is 5.73 Å². The number of halogens is 1.